The number of aryl methyl sites for hydroxylation is 1. The summed E-state index contributed by atoms with van der Waals surface area (Å²) >= 11 is 0. The lowest BCUT2D eigenvalue weighted by Crippen LogP contribution is -2.29. The van der Waals surface area contributed by atoms with Crippen LogP contribution in [0.2, 0.25) is 0 Å². The second-order valence-electron chi connectivity index (χ2n) is 6.45. The SMILES string of the molecule is Cc1[nH]nc(C(=O)N2CCC(c3cc(=O)[nH]c(N(C)C)n3)C2)c1C. The van der Waals surface area contributed by atoms with E-state index in [1.165, 1.54) is 6.07 Å². The molecular formula is C16H22N6O2. The van der Waals surface area contributed by atoms with Crippen LogP contribution in [-0.4, -0.2) is 58.2 Å². The average molecular weight is 330 g/mol. The van der Waals surface area contributed by atoms with Crippen molar-refractivity contribution in [3.05, 3.63) is 39.1 Å². The van der Waals surface area contributed by atoms with E-state index < -0.39 is 0 Å². The van der Waals surface area contributed by atoms with Crippen LogP contribution in [0.3, 0.4) is 0 Å². The molecule has 0 radical (unpaired) electrons. The molecule has 1 amide bonds. The number of carbonyl (C=O) groups is 1. The van der Waals surface area contributed by atoms with E-state index in [-0.39, 0.29) is 17.4 Å². The third-order valence-electron chi connectivity index (χ3n) is 4.52. The van der Waals surface area contributed by atoms with Gasteiger partial charge in [0, 0.05) is 50.4 Å². The van der Waals surface area contributed by atoms with Gasteiger partial charge in [-0.05, 0) is 20.3 Å². The van der Waals surface area contributed by atoms with E-state index >= 15 is 0 Å². The first-order valence-electron chi connectivity index (χ1n) is 7.96. The average Bonchev–Trinajstić information content (AvgIpc) is 3.15. The molecule has 1 atom stereocenters. The van der Waals surface area contributed by atoms with Crippen molar-refractivity contribution in [1.29, 1.82) is 0 Å². The number of amides is 1. The van der Waals surface area contributed by atoms with Gasteiger partial charge in [0.05, 0.1) is 5.69 Å². The molecule has 0 aliphatic carbocycles. The number of H-pyrrole nitrogens is 2. The molecular weight excluding hydrogens is 308 g/mol. The fraction of sp³-hybridized carbons (Fsp3) is 0.500. The molecule has 24 heavy (non-hydrogen) atoms. The molecule has 2 aromatic rings. The fourth-order valence-corrected chi connectivity index (χ4v) is 2.91. The van der Waals surface area contributed by atoms with E-state index in [1.807, 2.05) is 27.9 Å². The Morgan fingerprint density at radius 2 is 2.12 bits per heavy atom. The van der Waals surface area contributed by atoms with Crippen LogP contribution < -0.4 is 10.5 Å². The lowest BCUT2D eigenvalue weighted by atomic mass is 10.1. The lowest BCUT2D eigenvalue weighted by molar-refractivity contribution is 0.0784. The zero-order valence-corrected chi connectivity index (χ0v) is 14.4. The minimum absolute atomic E-state index is 0.0651. The topological polar surface area (TPSA) is 98.0 Å². The highest BCUT2D eigenvalue weighted by atomic mass is 16.2. The largest absolute Gasteiger partial charge is 0.348 e. The summed E-state index contributed by atoms with van der Waals surface area (Å²) in [7, 11) is 3.66. The smallest absolute Gasteiger partial charge is 0.274 e. The molecule has 1 fully saturated rings. The Kier molecular flexibility index (Phi) is 4.13. The number of hydrogen-bond donors (Lipinski definition) is 2. The van der Waals surface area contributed by atoms with Crippen molar-refractivity contribution in [1.82, 2.24) is 25.1 Å². The molecule has 0 saturated carbocycles. The first-order chi connectivity index (χ1) is 11.4. The normalized spacial score (nSPS) is 17.3. The van der Waals surface area contributed by atoms with E-state index in [9.17, 15) is 9.59 Å². The van der Waals surface area contributed by atoms with Gasteiger partial charge in [0.1, 0.15) is 0 Å². The number of anilines is 1. The Morgan fingerprint density at radius 1 is 1.38 bits per heavy atom. The number of carbonyl (C=O) groups excluding carboxylic acids is 1. The van der Waals surface area contributed by atoms with Crippen molar-refractivity contribution < 1.29 is 4.79 Å². The summed E-state index contributed by atoms with van der Waals surface area (Å²) in [4.78, 5) is 35.3. The maximum absolute atomic E-state index is 12.6. The Hall–Kier alpha value is -2.64. The van der Waals surface area contributed by atoms with Crippen LogP contribution in [0, 0.1) is 13.8 Å². The monoisotopic (exact) mass is 330 g/mol. The molecule has 8 heteroatoms. The number of likely N-dealkylation sites (tertiary alicyclic amines) is 1. The Bertz CT molecular complexity index is 822. The number of aromatic amines is 2. The first-order valence-corrected chi connectivity index (χ1v) is 7.96. The van der Waals surface area contributed by atoms with Gasteiger partial charge in [-0.15, -0.1) is 0 Å². The molecule has 1 aliphatic rings. The minimum Gasteiger partial charge on any atom is -0.348 e. The second kappa shape index (κ2) is 6.10. The number of nitrogens with one attached hydrogen (secondary N) is 2. The van der Waals surface area contributed by atoms with Gasteiger partial charge < -0.3 is 9.80 Å². The van der Waals surface area contributed by atoms with Crippen molar-refractivity contribution >= 4 is 11.9 Å². The third kappa shape index (κ3) is 2.91. The van der Waals surface area contributed by atoms with Crippen LogP contribution in [0.25, 0.3) is 0 Å². The third-order valence-corrected chi connectivity index (χ3v) is 4.52. The maximum atomic E-state index is 12.6. The molecule has 1 saturated heterocycles. The van der Waals surface area contributed by atoms with Crippen LogP contribution in [-0.2, 0) is 0 Å². The van der Waals surface area contributed by atoms with E-state index in [1.54, 1.807) is 9.80 Å². The van der Waals surface area contributed by atoms with Gasteiger partial charge in [0.25, 0.3) is 11.5 Å². The van der Waals surface area contributed by atoms with E-state index in [0.29, 0.717) is 24.7 Å². The molecule has 2 aromatic heterocycles. The summed E-state index contributed by atoms with van der Waals surface area (Å²) in [6.07, 6.45) is 0.789. The molecule has 0 aromatic carbocycles. The van der Waals surface area contributed by atoms with Crippen molar-refractivity contribution in [2.24, 2.45) is 0 Å². The van der Waals surface area contributed by atoms with Gasteiger partial charge in [-0.1, -0.05) is 0 Å². The van der Waals surface area contributed by atoms with Crippen LogP contribution in [0.1, 0.15) is 39.8 Å². The van der Waals surface area contributed by atoms with Gasteiger partial charge >= 0.3 is 0 Å². The summed E-state index contributed by atoms with van der Waals surface area (Å²) < 4.78 is 0. The van der Waals surface area contributed by atoms with E-state index in [0.717, 1.165) is 23.4 Å². The van der Waals surface area contributed by atoms with Gasteiger partial charge in [0.2, 0.25) is 5.95 Å². The molecule has 1 aliphatic heterocycles. The molecule has 3 heterocycles. The summed E-state index contributed by atoms with van der Waals surface area (Å²) in [5.74, 6) is 0.522. The maximum Gasteiger partial charge on any atom is 0.274 e. The predicted molar refractivity (Wildman–Crippen MR) is 90.5 cm³/mol. The highest BCUT2D eigenvalue weighted by molar-refractivity contribution is 5.94. The van der Waals surface area contributed by atoms with Crippen LogP contribution in [0.15, 0.2) is 10.9 Å². The molecule has 2 N–H and O–H groups in total. The highest BCUT2D eigenvalue weighted by Gasteiger charge is 2.31. The standard InChI is InChI=1S/C16H22N6O2/c1-9-10(2)19-20-14(9)15(24)22-6-5-11(8-22)12-7-13(23)18-16(17-12)21(3)4/h7,11H,5-6,8H2,1-4H3,(H,19,20)(H,17,18,23). The van der Waals surface area contributed by atoms with Crippen LogP contribution >= 0.6 is 0 Å². The van der Waals surface area contributed by atoms with Gasteiger partial charge in [-0.25, -0.2) is 4.98 Å². The van der Waals surface area contributed by atoms with E-state index in [4.69, 9.17) is 0 Å². The Labute approximate surface area is 139 Å². The molecule has 3 rings (SSSR count). The second-order valence-corrected chi connectivity index (χ2v) is 6.45. The van der Waals surface area contributed by atoms with Crippen LogP contribution in [0.4, 0.5) is 5.95 Å². The first kappa shape index (κ1) is 16.2. The number of nitrogens with zero attached hydrogens (tertiary/aromatic N) is 4. The lowest BCUT2D eigenvalue weighted by Gasteiger charge is -2.17. The Morgan fingerprint density at radius 3 is 2.75 bits per heavy atom. The van der Waals surface area contributed by atoms with Crippen molar-refractivity contribution in [2.45, 2.75) is 26.2 Å². The zero-order valence-electron chi connectivity index (χ0n) is 14.4. The molecule has 128 valence electrons. The summed E-state index contributed by atoms with van der Waals surface area (Å²) in [6, 6.07) is 1.52. The molecule has 1 unspecified atom stereocenters. The summed E-state index contributed by atoms with van der Waals surface area (Å²) in [5, 5.41) is 6.97. The zero-order chi connectivity index (χ0) is 17.4. The molecule has 8 nitrogen and oxygen atoms in total. The van der Waals surface area contributed by atoms with Crippen molar-refractivity contribution in [3.63, 3.8) is 0 Å². The van der Waals surface area contributed by atoms with Crippen molar-refractivity contribution in [3.8, 4) is 0 Å². The van der Waals surface area contributed by atoms with Gasteiger partial charge in [-0.2, -0.15) is 5.10 Å². The quantitative estimate of drug-likeness (QED) is 0.868. The minimum atomic E-state index is -0.174. The number of rotatable bonds is 3. The Balaban J connectivity index is 1.79. The van der Waals surface area contributed by atoms with Crippen molar-refractivity contribution in [2.75, 3.05) is 32.1 Å². The fourth-order valence-electron chi connectivity index (χ4n) is 2.91. The summed E-state index contributed by atoms with van der Waals surface area (Å²) in [5.41, 5.74) is 2.81. The number of aromatic nitrogens is 4. The van der Waals surface area contributed by atoms with Crippen LogP contribution in [0.5, 0.6) is 0 Å². The molecule has 0 spiro atoms. The highest BCUT2D eigenvalue weighted by Crippen LogP contribution is 2.27. The number of hydrogen-bond acceptors (Lipinski definition) is 5. The van der Waals surface area contributed by atoms with Gasteiger partial charge in [-0.3, -0.25) is 19.7 Å². The molecule has 0 bridgehead atoms. The van der Waals surface area contributed by atoms with Gasteiger partial charge in [0.15, 0.2) is 5.69 Å². The van der Waals surface area contributed by atoms with E-state index in [2.05, 4.69) is 20.2 Å². The summed E-state index contributed by atoms with van der Waals surface area (Å²) in [6.45, 7) is 4.98. The predicted octanol–water partition coefficient (Wildman–Crippen LogP) is 0.806.